The highest BCUT2D eigenvalue weighted by Crippen LogP contribution is 2.32. The van der Waals surface area contributed by atoms with Gasteiger partial charge in [0.05, 0.1) is 19.1 Å². The minimum atomic E-state index is -3.69. The molecule has 0 aliphatic carbocycles. The highest BCUT2D eigenvalue weighted by Gasteiger charge is 2.24. The number of aryl methyl sites for hydroxylation is 2. The molecule has 28 heavy (non-hydrogen) atoms. The van der Waals surface area contributed by atoms with Crippen LogP contribution >= 0.6 is 0 Å². The molecule has 0 saturated heterocycles. The lowest BCUT2D eigenvalue weighted by Gasteiger charge is -2.22. The van der Waals surface area contributed by atoms with Gasteiger partial charge in [0.25, 0.3) is 0 Å². The Morgan fingerprint density at radius 2 is 1.75 bits per heavy atom. The van der Waals surface area contributed by atoms with Crippen LogP contribution in [0.4, 0.5) is 5.69 Å². The van der Waals surface area contributed by atoms with E-state index in [0.29, 0.717) is 30.0 Å². The van der Waals surface area contributed by atoms with Crippen LogP contribution in [0.3, 0.4) is 0 Å². The van der Waals surface area contributed by atoms with Crippen LogP contribution in [0.1, 0.15) is 23.1 Å². The summed E-state index contributed by atoms with van der Waals surface area (Å²) in [6.45, 7) is 2.10. The third-order valence-corrected chi connectivity index (χ3v) is 6.71. The van der Waals surface area contributed by atoms with Crippen molar-refractivity contribution in [2.75, 3.05) is 26.6 Å². The lowest BCUT2D eigenvalue weighted by molar-refractivity contribution is -0.116. The summed E-state index contributed by atoms with van der Waals surface area (Å²) in [5, 5.41) is 2.77. The number of amides is 1. The second-order valence-electron chi connectivity index (χ2n) is 6.76. The number of methoxy groups -OCH3 is 2. The minimum Gasteiger partial charge on any atom is -0.493 e. The van der Waals surface area contributed by atoms with E-state index in [1.54, 1.807) is 39.5 Å². The first-order valence-electron chi connectivity index (χ1n) is 8.87. The first-order chi connectivity index (χ1) is 13.3. The number of fused-ring (bicyclic) bond motifs is 1. The molecule has 0 fully saturated rings. The summed E-state index contributed by atoms with van der Waals surface area (Å²) in [4.78, 5) is 11.7. The van der Waals surface area contributed by atoms with Crippen LogP contribution in [0.2, 0.25) is 0 Å². The summed E-state index contributed by atoms with van der Waals surface area (Å²) < 4.78 is 38.0. The average molecular weight is 404 g/mol. The maximum Gasteiger partial charge on any atom is 0.243 e. The van der Waals surface area contributed by atoms with Crippen LogP contribution in [0.15, 0.2) is 35.2 Å². The number of hydrogen-bond donors (Lipinski definition) is 1. The zero-order valence-electron chi connectivity index (χ0n) is 16.4. The van der Waals surface area contributed by atoms with E-state index in [9.17, 15) is 13.2 Å². The molecular weight excluding hydrogens is 380 g/mol. The molecule has 0 bridgehead atoms. The van der Waals surface area contributed by atoms with Gasteiger partial charge < -0.3 is 14.8 Å². The Labute approximate surface area is 165 Å². The first-order valence-corrected chi connectivity index (χ1v) is 10.3. The van der Waals surface area contributed by atoms with Gasteiger partial charge in [-0.3, -0.25) is 4.79 Å². The lowest BCUT2D eigenvalue weighted by atomic mass is 10.0. The monoisotopic (exact) mass is 404 g/mol. The Kier molecular flexibility index (Phi) is 5.62. The fraction of sp³-hybridized carbons (Fsp3) is 0.350. The third kappa shape index (κ3) is 3.83. The molecule has 1 aliphatic heterocycles. The van der Waals surface area contributed by atoms with Gasteiger partial charge in [0.15, 0.2) is 11.5 Å². The summed E-state index contributed by atoms with van der Waals surface area (Å²) in [7, 11) is 0.967. The van der Waals surface area contributed by atoms with Crippen LogP contribution in [-0.2, 0) is 27.8 Å². The van der Waals surface area contributed by atoms with Gasteiger partial charge in [0, 0.05) is 25.7 Å². The van der Waals surface area contributed by atoms with Crippen molar-refractivity contribution in [3.8, 4) is 11.5 Å². The average Bonchev–Trinajstić information content (AvgIpc) is 2.68. The number of nitrogens with zero attached hydrogens (tertiary/aromatic N) is 1. The van der Waals surface area contributed by atoms with Crippen LogP contribution in [0.25, 0.3) is 0 Å². The number of sulfonamides is 1. The highest BCUT2D eigenvalue weighted by molar-refractivity contribution is 7.89. The molecule has 1 amide bonds. The SMILES string of the molecule is COc1cc(C)c(CN(C)S(=O)(=O)c2ccc3c(c2)CCC(=O)N3)cc1OC. The van der Waals surface area contributed by atoms with Crippen molar-refractivity contribution >= 4 is 21.6 Å². The minimum absolute atomic E-state index is 0.0517. The molecule has 0 saturated carbocycles. The molecule has 8 heteroatoms. The maximum atomic E-state index is 13.1. The zero-order valence-corrected chi connectivity index (χ0v) is 17.2. The number of nitrogens with one attached hydrogen (secondary N) is 1. The number of carbonyl (C=O) groups excluding carboxylic acids is 1. The molecule has 0 aromatic heterocycles. The second kappa shape index (κ2) is 7.81. The van der Waals surface area contributed by atoms with Crippen LogP contribution in [0.5, 0.6) is 11.5 Å². The van der Waals surface area contributed by atoms with Crippen molar-refractivity contribution in [2.24, 2.45) is 0 Å². The van der Waals surface area contributed by atoms with Crippen molar-refractivity contribution in [3.63, 3.8) is 0 Å². The summed E-state index contributed by atoms with van der Waals surface area (Å²) in [6.07, 6.45) is 0.889. The zero-order chi connectivity index (χ0) is 20.5. The number of ether oxygens (including phenoxy) is 2. The van der Waals surface area contributed by atoms with Gasteiger partial charge in [-0.1, -0.05) is 0 Å². The molecule has 2 aromatic rings. The van der Waals surface area contributed by atoms with E-state index in [1.165, 1.54) is 10.4 Å². The number of benzene rings is 2. The van der Waals surface area contributed by atoms with Crippen molar-refractivity contribution in [2.45, 2.75) is 31.2 Å². The summed E-state index contributed by atoms with van der Waals surface area (Å²) in [5.41, 5.74) is 3.24. The Morgan fingerprint density at radius 1 is 1.07 bits per heavy atom. The molecule has 1 aliphatic rings. The molecule has 2 aromatic carbocycles. The van der Waals surface area contributed by atoms with Gasteiger partial charge >= 0.3 is 0 Å². The maximum absolute atomic E-state index is 13.1. The van der Waals surface area contributed by atoms with Gasteiger partial charge in [0.2, 0.25) is 15.9 Å². The Morgan fingerprint density at radius 3 is 2.43 bits per heavy atom. The van der Waals surface area contributed by atoms with E-state index in [4.69, 9.17) is 9.47 Å². The number of hydrogen-bond acceptors (Lipinski definition) is 5. The predicted molar refractivity (Wildman–Crippen MR) is 106 cm³/mol. The van der Waals surface area contributed by atoms with Gasteiger partial charge in [-0.05, 0) is 60.4 Å². The van der Waals surface area contributed by atoms with Gasteiger partial charge in [-0.25, -0.2) is 8.42 Å². The molecule has 1 N–H and O–H groups in total. The number of rotatable bonds is 6. The van der Waals surface area contributed by atoms with Crippen LogP contribution in [-0.4, -0.2) is 39.9 Å². The fourth-order valence-corrected chi connectivity index (χ4v) is 4.42. The van der Waals surface area contributed by atoms with Gasteiger partial charge in [-0.15, -0.1) is 0 Å². The second-order valence-corrected chi connectivity index (χ2v) is 8.81. The Bertz CT molecular complexity index is 1020. The Hall–Kier alpha value is -2.58. The quantitative estimate of drug-likeness (QED) is 0.800. The largest absolute Gasteiger partial charge is 0.493 e. The van der Waals surface area contributed by atoms with Crippen molar-refractivity contribution in [3.05, 3.63) is 47.0 Å². The fourth-order valence-electron chi connectivity index (χ4n) is 3.22. The molecule has 150 valence electrons. The topological polar surface area (TPSA) is 84.9 Å². The molecule has 1 heterocycles. The van der Waals surface area contributed by atoms with Gasteiger partial charge in [-0.2, -0.15) is 4.31 Å². The Balaban J connectivity index is 1.88. The van der Waals surface area contributed by atoms with Crippen LogP contribution < -0.4 is 14.8 Å². The smallest absolute Gasteiger partial charge is 0.243 e. The van der Waals surface area contributed by atoms with E-state index < -0.39 is 10.0 Å². The molecule has 0 unspecified atom stereocenters. The molecule has 7 nitrogen and oxygen atoms in total. The molecular formula is C20H24N2O5S. The molecule has 0 atom stereocenters. The van der Waals surface area contributed by atoms with E-state index >= 15 is 0 Å². The standard InChI is InChI=1S/C20H24N2O5S/c1-13-9-18(26-3)19(27-4)11-15(13)12-22(2)28(24,25)16-6-7-17-14(10-16)5-8-20(23)21-17/h6-7,9-11H,5,8,12H2,1-4H3,(H,21,23). The van der Waals surface area contributed by atoms with Crippen molar-refractivity contribution in [1.29, 1.82) is 0 Å². The molecule has 0 spiro atoms. The van der Waals surface area contributed by atoms with Crippen LogP contribution in [0, 0.1) is 6.92 Å². The summed E-state index contributed by atoms with van der Waals surface area (Å²) in [6, 6.07) is 8.44. The van der Waals surface area contributed by atoms with E-state index in [2.05, 4.69) is 5.32 Å². The van der Waals surface area contributed by atoms with Crippen molar-refractivity contribution < 1.29 is 22.7 Å². The summed E-state index contributed by atoms with van der Waals surface area (Å²) in [5.74, 6) is 1.11. The van der Waals surface area contributed by atoms with Crippen molar-refractivity contribution in [1.82, 2.24) is 4.31 Å². The highest BCUT2D eigenvalue weighted by atomic mass is 32.2. The number of anilines is 1. The van der Waals surface area contributed by atoms with E-state index in [-0.39, 0.29) is 17.3 Å². The van der Waals surface area contributed by atoms with Gasteiger partial charge in [0.1, 0.15) is 0 Å². The first kappa shape index (κ1) is 20.2. The molecule has 0 radical (unpaired) electrons. The summed E-state index contributed by atoms with van der Waals surface area (Å²) >= 11 is 0. The van der Waals surface area contributed by atoms with E-state index in [1.807, 2.05) is 13.0 Å². The predicted octanol–water partition coefficient (Wildman–Crippen LogP) is 2.72. The normalized spacial score (nSPS) is 13.8. The number of carbonyl (C=O) groups is 1. The third-order valence-electron chi connectivity index (χ3n) is 4.92. The molecule has 3 rings (SSSR count). The lowest BCUT2D eigenvalue weighted by Crippen LogP contribution is -2.27. The van der Waals surface area contributed by atoms with E-state index in [0.717, 1.165) is 16.7 Å².